The lowest BCUT2D eigenvalue weighted by atomic mass is 10.2. The van der Waals surface area contributed by atoms with Crippen molar-refractivity contribution in [2.75, 3.05) is 5.73 Å². The number of hydrogen-bond donors (Lipinski definition) is 1. The monoisotopic (exact) mass is 190 g/mol. The summed E-state index contributed by atoms with van der Waals surface area (Å²) in [6.07, 6.45) is 0. The molecule has 0 radical (unpaired) electrons. The van der Waals surface area contributed by atoms with Gasteiger partial charge in [-0.2, -0.15) is 9.97 Å². The molecule has 0 amide bonds. The molecule has 0 bridgehead atoms. The maximum Gasteiger partial charge on any atom is 0.356 e. The molecule has 0 aromatic carbocycles. The molecule has 14 heavy (non-hydrogen) atoms. The minimum Gasteiger partial charge on any atom is -0.368 e. The summed E-state index contributed by atoms with van der Waals surface area (Å²) in [6.45, 7) is 3.77. The molecule has 0 unspecified atom stereocenters. The van der Waals surface area contributed by atoms with Crippen LogP contribution < -0.4 is 11.4 Å². The average molecular weight is 190 g/mol. The van der Waals surface area contributed by atoms with Gasteiger partial charge in [0.15, 0.2) is 0 Å². The van der Waals surface area contributed by atoms with Crippen molar-refractivity contribution >= 4 is 11.6 Å². The van der Waals surface area contributed by atoms with Crippen LogP contribution in [0.5, 0.6) is 0 Å². The van der Waals surface area contributed by atoms with Crippen LogP contribution in [0.3, 0.4) is 0 Å². The molecule has 0 aliphatic heterocycles. The first kappa shape index (κ1) is 8.68. The van der Waals surface area contributed by atoms with Crippen molar-refractivity contribution in [3.63, 3.8) is 0 Å². The number of nitrogens with zero attached hydrogens (tertiary/aromatic N) is 3. The van der Waals surface area contributed by atoms with E-state index >= 15 is 0 Å². The molecule has 2 N–H and O–H groups in total. The van der Waals surface area contributed by atoms with E-state index in [9.17, 15) is 4.79 Å². The van der Waals surface area contributed by atoms with Crippen LogP contribution in [0.15, 0.2) is 16.9 Å². The molecule has 0 aliphatic carbocycles. The van der Waals surface area contributed by atoms with Crippen molar-refractivity contribution in [2.24, 2.45) is 0 Å². The van der Waals surface area contributed by atoms with Gasteiger partial charge in [0, 0.05) is 5.69 Å². The number of pyridine rings is 1. The number of hydrogen-bond acceptors (Lipinski definition) is 4. The Balaban J connectivity index is 3.02. The molecule has 5 nitrogen and oxygen atoms in total. The van der Waals surface area contributed by atoms with E-state index in [2.05, 4.69) is 9.97 Å². The fraction of sp³-hybridized carbons (Fsp3) is 0.222. The third-order valence-electron chi connectivity index (χ3n) is 2.01. The molecule has 0 atom stereocenters. The number of rotatable bonds is 0. The van der Waals surface area contributed by atoms with E-state index in [0.717, 1.165) is 11.3 Å². The van der Waals surface area contributed by atoms with E-state index in [1.54, 1.807) is 6.07 Å². The van der Waals surface area contributed by atoms with Gasteiger partial charge in [-0.1, -0.05) is 0 Å². The Labute approximate surface area is 80.2 Å². The molecule has 72 valence electrons. The van der Waals surface area contributed by atoms with Gasteiger partial charge in [-0.15, -0.1) is 0 Å². The number of aryl methyl sites for hydroxylation is 2. The SMILES string of the molecule is Cc1cc(C)n2c(=O)nc(N)nc2c1. The van der Waals surface area contributed by atoms with Crippen LogP contribution in [0.4, 0.5) is 5.95 Å². The molecular weight excluding hydrogens is 180 g/mol. The fourth-order valence-electron chi connectivity index (χ4n) is 1.51. The van der Waals surface area contributed by atoms with Crippen molar-refractivity contribution in [3.05, 3.63) is 33.9 Å². The Morgan fingerprint density at radius 2 is 2.00 bits per heavy atom. The third kappa shape index (κ3) is 1.22. The van der Waals surface area contributed by atoms with Gasteiger partial charge in [0.2, 0.25) is 5.95 Å². The van der Waals surface area contributed by atoms with Gasteiger partial charge >= 0.3 is 5.69 Å². The first-order valence-electron chi connectivity index (χ1n) is 4.21. The van der Waals surface area contributed by atoms with Gasteiger partial charge in [-0.25, -0.2) is 9.20 Å². The number of fused-ring (bicyclic) bond motifs is 1. The summed E-state index contributed by atoms with van der Waals surface area (Å²) in [5.74, 6) is 0.0139. The Bertz CT molecular complexity index is 553. The number of nitrogens with two attached hydrogens (primary N) is 1. The van der Waals surface area contributed by atoms with Gasteiger partial charge in [-0.3, -0.25) is 0 Å². The summed E-state index contributed by atoms with van der Waals surface area (Å²) in [5, 5.41) is 0. The molecule has 2 aromatic rings. The minimum atomic E-state index is -0.384. The van der Waals surface area contributed by atoms with Crippen LogP contribution in [0, 0.1) is 13.8 Å². The van der Waals surface area contributed by atoms with Crippen molar-refractivity contribution in [1.82, 2.24) is 14.4 Å². The molecule has 2 aromatic heterocycles. The second-order valence-corrected chi connectivity index (χ2v) is 3.23. The van der Waals surface area contributed by atoms with Crippen LogP contribution in [0.2, 0.25) is 0 Å². The van der Waals surface area contributed by atoms with Gasteiger partial charge in [0.05, 0.1) is 0 Å². The zero-order valence-electron chi connectivity index (χ0n) is 7.98. The van der Waals surface area contributed by atoms with Gasteiger partial charge in [-0.05, 0) is 31.5 Å². The third-order valence-corrected chi connectivity index (χ3v) is 2.01. The summed E-state index contributed by atoms with van der Waals surface area (Å²) < 4.78 is 1.43. The van der Waals surface area contributed by atoms with E-state index in [4.69, 9.17) is 5.73 Å². The lowest BCUT2D eigenvalue weighted by molar-refractivity contribution is 0.913. The Morgan fingerprint density at radius 1 is 1.29 bits per heavy atom. The summed E-state index contributed by atoms with van der Waals surface area (Å²) in [4.78, 5) is 19.0. The van der Waals surface area contributed by atoms with Gasteiger partial charge in [0.25, 0.3) is 0 Å². The zero-order chi connectivity index (χ0) is 10.3. The van der Waals surface area contributed by atoms with Crippen LogP contribution in [0.1, 0.15) is 11.3 Å². The maximum atomic E-state index is 11.5. The molecule has 0 aliphatic rings. The summed E-state index contributed by atoms with van der Waals surface area (Å²) in [7, 11) is 0. The van der Waals surface area contributed by atoms with Crippen LogP contribution in [-0.4, -0.2) is 14.4 Å². The highest BCUT2D eigenvalue weighted by Gasteiger charge is 2.03. The van der Waals surface area contributed by atoms with Crippen molar-refractivity contribution in [2.45, 2.75) is 13.8 Å². The molecular formula is C9H10N4O. The smallest absolute Gasteiger partial charge is 0.356 e. The highest BCUT2D eigenvalue weighted by Crippen LogP contribution is 2.06. The molecule has 0 saturated heterocycles. The minimum absolute atomic E-state index is 0.0139. The topological polar surface area (TPSA) is 73.3 Å². The lowest BCUT2D eigenvalue weighted by Crippen LogP contribution is -2.22. The zero-order valence-corrected chi connectivity index (χ0v) is 7.98. The Kier molecular flexibility index (Phi) is 1.73. The first-order valence-corrected chi connectivity index (χ1v) is 4.21. The molecule has 0 spiro atoms. The molecule has 2 rings (SSSR count). The predicted octanol–water partition coefficient (Wildman–Crippen LogP) is 0.289. The normalized spacial score (nSPS) is 10.7. The summed E-state index contributed by atoms with van der Waals surface area (Å²) >= 11 is 0. The maximum absolute atomic E-state index is 11.5. The van der Waals surface area contributed by atoms with E-state index in [-0.39, 0.29) is 11.6 Å². The van der Waals surface area contributed by atoms with E-state index in [0.29, 0.717) is 5.65 Å². The van der Waals surface area contributed by atoms with E-state index in [1.165, 1.54) is 4.40 Å². The Hall–Kier alpha value is -1.91. The standard InChI is InChI=1S/C9H10N4O/c1-5-3-6(2)13-7(4-5)11-8(10)12-9(13)14/h3-4H,1-2H3,(H2,10,12,14). The highest BCUT2D eigenvalue weighted by molar-refractivity contribution is 5.44. The molecule has 0 fully saturated rings. The predicted molar refractivity (Wildman–Crippen MR) is 53.1 cm³/mol. The van der Waals surface area contributed by atoms with Gasteiger partial charge in [0.1, 0.15) is 5.65 Å². The largest absolute Gasteiger partial charge is 0.368 e. The van der Waals surface area contributed by atoms with E-state index < -0.39 is 0 Å². The lowest BCUT2D eigenvalue weighted by Gasteiger charge is -2.04. The second-order valence-electron chi connectivity index (χ2n) is 3.23. The number of nitrogen functional groups attached to an aromatic ring is 1. The van der Waals surface area contributed by atoms with Crippen LogP contribution >= 0.6 is 0 Å². The van der Waals surface area contributed by atoms with Crippen LogP contribution in [0.25, 0.3) is 5.65 Å². The summed E-state index contributed by atoms with van der Waals surface area (Å²) in [6, 6.07) is 3.69. The fourth-order valence-corrected chi connectivity index (χ4v) is 1.51. The van der Waals surface area contributed by atoms with Crippen LogP contribution in [-0.2, 0) is 0 Å². The number of aromatic nitrogens is 3. The quantitative estimate of drug-likeness (QED) is 0.648. The Morgan fingerprint density at radius 3 is 2.71 bits per heavy atom. The molecule has 0 saturated carbocycles. The van der Waals surface area contributed by atoms with E-state index in [1.807, 2.05) is 19.9 Å². The second kappa shape index (κ2) is 2.80. The first-order chi connectivity index (χ1) is 6.58. The van der Waals surface area contributed by atoms with Gasteiger partial charge < -0.3 is 5.73 Å². The number of anilines is 1. The van der Waals surface area contributed by atoms with Crippen molar-refractivity contribution in [3.8, 4) is 0 Å². The molecule has 2 heterocycles. The molecule has 5 heteroatoms. The average Bonchev–Trinajstić information content (AvgIpc) is 1.99. The summed E-state index contributed by atoms with van der Waals surface area (Å²) in [5.41, 5.74) is 7.40. The highest BCUT2D eigenvalue weighted by atomic mass is 16.1. The van der Waals surface area contributed by atoms with Crippen molar-refractivity contribution in [1.29, 1.82) is 0 Å². The van der Waals surface area contributed by atoms with Crippen molar-refractivity contribution < 1.29 is 0 Å².